The summed E-state index contributed by atoms with van der Waals surface area (Å²) in [5.74, 6) is -2.61. The Morgan fingerprint density at radius 2 is 2.20 bits per heavy atom. The van der Waals surface area contributed by atoms with Gasteiger partial charge in [-0.1, -0.05) is 6.92 Å². The van der Waals surface area contributed by atoms with Gasteiger partial charge in [0, 0.05) is 16.6 Å². The molecule has 0 heterocycles. The van der Waals surface area contributed by atoms with E-state index in [0.717, 1.165) is 0 Å². The van der Waals surface area contributed by atoms with Crippen LogP contribution in [0.3, 0.4) is 0 Å². The normalized spacial score (nSPS) is 13.6. The largest absolute Gasteiger partial charge is 0.481 e. The first-order valence-electron chi connectivity index (χ1n) is 4.18. The smallest absolute Gasteiger partial charge is 0.307 e. The molecular weight excluding hydrogens is 220 g/mol. The number of hydrogen-bond acceptors (Lipinski definition) is 4. The van der Waals surface area contributed by atoms with Crippen molar-refractivity contribution in [2.45, 2.75) is 6.92 Å². The quantitative estimate of drug-likeness (QED) is 0.577. The van der Waals surface area contributed by atoms with Gasteiger partial charge in [-0.15, -0.1) is 0 Å². The van der Waals surface area contributed by atoms with Crippen LogP contribution in [0.5, 0.6) is 0 Å². The molecule has 0 radical (unpaired) electrons. The van der Waals surface area contributed by atoms with E-state index in [-0.39, 0.29) is 18.1 Å². The predicted molar refractivity (Wildman–Crippen MR) is 53.3 cm³/mol. The number of carboxylic acids is 1. The lowest BCUT2D eigenvalue weighted by atomic mass is 10.2. The van der Waals surface area contributed by atoms with Gasteiger partial charge in [0.25, 0.3) is 0 Å². The molecule has 0 saturated carbocycles. The van der Waals surface area contributed by atoms with E-state index in [2.05, 4.69) is 5.32 Å². The molecule has 0 saturated heterocycles. The average Bonchev–Trinajstić information content (AvgIpc) is 2.14. The maximum atomic E-state index is 11.2. The topological polar surface area (TPSA) is 107 Å². The van der Waals surface area contributed by atoms with Gasteiger partial charge in [0.2, 0.25) is 5.91 Å². The number of rotatable bonds is 6. The van der Waals surface area contributed by atoms with Gasteiger partial charge in [-0.3, -0.25) is 13.8 Å². The molecule has 0 aromatic carbocycles. The molecule has 1 amide bonds. The summed E-state index contributed by atoms with van der Waals surface area (Å²) in [4.78, 5) is 21.4. The van der Waals surface area contributed by atoms with Crippen LogP contribution in [0.1, 0.15) is 6.92 Å². The number of amides is 1. The number of carboxylic acid groups (broad SMARTS) is 1. The Hall–Kier alpha value is -1.42. The van der Waals surface area contributed by atoms with Crippen molar-refractivity contribution in [2.24, 2.45) is 5.92 Å². The van der Waals surface area contributed by atoms with Crippen molar-refractivity contribution in [3.8, 4) is 6.07 Å². The van der Waals surface area contributed by atoms with Crippen LogP contribution in [-0.2, 0) is 20.4 Å². The Balaban J connectivity index is 3.89. The van der Waals surface area contributed by atoms with Gasteiger partial charge in [0.05, 0.1) is 12.0 Å². The average molecular weight is 232 g/mol. The molecule has 0 rings (SSSR count). The van der Waals surface area contributed by atoms with Gasteiger partial charge < -0.3 is 10.4 Å². The number of carbonyl (C=O) groups is 2. The van der Waals surface area contributed by atoms with Crippen molar-refractivity contribution in [3.63, 3.8) is 0 Å². The lowest BCUT2D eigenvalue weighted by Crippen LogP contribution is -2.30. The van der Waals surface area contributed by atoms with Crippen LogP contribution in [0.15, 0.2) is 0 Å². The summed E-state index contributed by atoms with van der Waals surface area (Å²) in [6, 6.07) is 1.71. The predicted octanol–water partition coefficient (Wildman–Crippen LogP) is -0.904. The molecule has 0 aliphatic carbocycles. The van der Waals surface area contributed by atoms with Gasteiger partial charge in [-0.25, -0.2) is 0 Å². The van der Waals surface area contributed by atoms with E-state index in [1.165, 1.54) is 6.92 Å². The maximum absolute atomic E-state index is 11.2. The van der Waals surface area contributed by atoms with E-state index in [9.17, 15) is 13.8 Å². The Morgan fingerprint density at radius 1 is 1.60 bits per heavy atom. The summed E-state index contributed by atoms with van der Waals surface area (Å²) in [6.45, 7) is 1.29. The van der Waals surface area contributed by atoms with Gasteiger partial charge in [-0.05, 0) is 0 Å². The van der Waals surface area contributed by atoms with Crippen molar-refractivity contribution < 1.29 is 18.9 Å². The number of nitriles is 1. The fourth-order valence-corrected chi connectivity index (χ4v) is 1.96. The van der Waals surface area contributed by atoms with Crippen LogP contribution < -0.4 is 5.32 Å². The second kappa shape index (κ2) is 6.95. The van der Waals surface area contributed by atoms with Crippen molar-refractivity contribution in [1.82, 2.24) is 5.32 Å². The molecular formula is C8H12N2O4S. The molecule has 2 atom stereocenters. The number of nitrogens with zero attached hydrogens (tertiary/aromatic N) is 1. The van der Waals surface area contributed by atoms with Gasteiger partial charge >= 0.3 is 5.97 Å². The third-order valence-corrected chi connectivity index (χ3v) is 2.97. The molecule has 6 nitrogen and oxygen atoms in total. The molecule has 0 aromatic heterocycles. The lowest BCUT2D eigenvalue weighted by molar-refractivity contribution is -0.140. The van der Waals surface area contributed by atoms with Gasteiger partial charge in [-0.2, -0.15) is 5.26 Å². The summed E-state index contributed by atoms with van der Waals surface area (Å²) in [7, 11) is -1.51. The monoisotopic (exact) mass is 232 g/mol. The van der Waals surface area contributed by atoms with Crippen LogP contribution >= 0.6 is 0 Å². The van der Waals surface area contributed by atoms with Crippen LogP contribution in [0.2, 0.25) is 0 Å². The number of carbonyl (C=O) groups excluding carboxylic acids is 1. The SMILES string of the molecule is CC(CS(=O)CC(=O)NCC#N)C(=O)O. The Labute approximate surface area is 89.7 Å². The number of nitrogens with one attached hydrogen (secondary N) is 1. The molecule has 7 heteroatoms. The molecule has 0 spiro atoms. The van der Waals surface area contributed by atoms with Gasteiger partial charge in [0.1, 0.15) is 12.3 Å². The molecule has 2 unspecified atom stereocenters. The Kier molecular flexibility index (Phi) is 6.29. The molecule has 0 aliphatic rings. The van der Waals surface area contributed by atoms with Crippen molar-refractivity contribution in [1.29, 1.82) is 5.26 Å². The maximum Gasteiger partial charge on any atom is 0.307 e. The fourth-order valence-electron chi connectivity index (χ4n) is 0.744. The van der Waals surface area contributed by atoms with Crippen molar-refractivity contribution in [3.05, 3.63) is 0 Å². The van der Waals surface area contributed by atoms with Crippen LogP contribution in [-0.4, -0.2) is 39.2 Å². The molecule has 0 aliphatic heterocycles. The fraction of sp³-hybridized carbons (Fsp3) is 0.625. The molecule has 2 N–H and O–H groups in total. The van der Waals surface area contributed by atoms with E-state index in [1.807, 2.05) is 0 Å². The summed E-state index contributed by atoms with van der Waals surface area (Å²) >= 11 is 0. The number of hydrogen-bond donors (Lipinski definition) is 2. The zero-order valence-corrected chi connectivity index (χ0v) is 9.04. The Bertz CT molecular complexity index is 310. The summed E-state index contributed by atoms with van der Waals surface area (Å²) < 4.78 is 11.2. The van der Waals surface area contributed by atoms with Crippen LogP contribution in [0, 0.1) is 17.2 Å². The first-order valence-corrected chi connectivity index (χ1v) is 5.67. The van der Waals surface area contributed by atoms with E-state index in [4.69, 9.17) is 10.4 Å². The molecule has 0 bridgehead atoms. The zero-order chi connectivity index (χ0) is 11.8. The highest BCUT2D eigenvalue weighted by atomic mass is 32.2. The molecule has 15 heavy (non-hydrogen) atoms. The lowest BCUT2D eigenvalue weighted by Gasteiger charge is -2.05. The zero-order valence-electron chi connectivity index (χ0n) is 8.23. The van der Waals surface area contributed by atoms with Crippen molar-refractivity contribution in [2.75, 3.05) is 18.1 Å². The standard InChI is InChI=1S/C8H12N2O4S/c1-6(8(12)13)4-15(14)5-7(11)10-3-2-9/h6H,3-5H2,1H3,(H,10,11)(H,12,13). The van der Waals surface area contributed by atoms with E-state index < -0.39 is 28.6 Å². The van der Waals surface area contributed by atoms with Gasteiger partial charge in [0.15, 0.2) is 0 Å². The second-order valence-corrected chi connectivity index (χ2v) is 4.43. The molecule has 0 fully saturated rings. The first-order chi connectivity index (χ1) is 6.97. The van der Waals surface area contributed by atoms with E-state index >= 15 is 0 Å². The number of aliphatic carboxylic acids is 1. The second-order valence-electron chi connectivity index (χ2n) is 2.92. The minimum Gasteiger partial charge on any atom is -0.481 e. The summed E-state index contributed by atoms with van der Waals surface area (Å²) in [5.41, 5.74) is 0. The van der Waals surface area contributed by atoms with E-state index in [0.29, 0.717) is 0 Å². The highest BCUT2D eigenvalue weighted by molar-refractivity contribution is 7.85. The van der Waals surface area contributed by atoms with Crippen LogP contribution in [0.4, 0.5) is 0 Å². The van der Waals surface area contributed by atoms with Crippen LogP contribution in [0.25, 0.3) is 0 Å². The highest BCUT2D eigenvalue weighted by Gasteiger charge is 2.16. The van der Waals surface area contributed by atoms with Crippen molar-refractivity contribution >= 4 is 22.7 Å². The summed E-state index contributed by atoms with van der Waals surface area (Å²) in [5, 5.41) is 18.9. The molecule has 84 valence electrons. The Morgan fingerprint density at radius 3 is 2.67 bits per heavy atom. The third-order valence-electron chi connectivity index (χ3n) is 1.51. The minimum atomic E-state index is -1.51. The summed E-state index contributed by atoms with van der Waals surface area (Å²) in [6.07, 6.45) is 0. The molecule has 0 aromatic rings. The first kappa shape index (κ1) is 13.6. The highest BCUT2D eigenvalue weighted by Crippen LogP contribution is 1.98. The minimum absolute atomic E-state index is 0.0602. The van der Waals surface area contributed by atoms with E-state index in [1.54, 1.807) is 6.07 Å². The third kappa shape index (κ3) is 6.62.